The van der Waals surface area contributed by atoms with Crippen molar-refractivity contribution in [2.75, 3.05) is 19.6 Å². The predicted octanol–water partition coefficient (Wildman–Crippen LogP) is 6.34. The molecule has 2 amide bonds. The number of piperidine rings is 1. The number of carbonyl (C=O) groups is 2. The molecule has 3 atom stereocenters. The summed E-state index contributed by atoms with van der Waals surface area (Å²) < 4.78 is 13.1. The van der Waals surface area contributed by atoms with E-state index in [-0.39, 0.29) is 30.6 Å². The maximum absolute atomic E-state index is 12.4. The molecular formula is C38H49N3O6. The number of unbranched alkanes of at least 4 members (excludes halogenated alkanes) is 3. The van der Waals surface area contributed by atoms with E-state index in [0.717, 1.165) is 78.7 Å². The van der Waals surface area contributed by atoms with E-state index in [0.29, 0.717) is 25.8 Å². The first-order valence-electron chi connectivity index (χ1n) is 17.1. The van der Waals surface area contributed by atoms with Gasteiger partial charge in [-0.15, -0.1) is 0 Å². The summed E-state index contributed by atoms with van der Waals surface area (Å²) >= 11 is 0. The Kier molecular flexibility index (Phi) is 13.4. The molecule has 2 aliphatic heterocycles. The number of aliphatic hydroxyl groups is 1. The number of hydrogen-bond acceptors (Lipinski definition) is 7. The van der Waals surface area contributed by atoms with Gasteiger partial charge in [0.1, 0.15) is 0 Å². The summed E-state index contributed by atoms with van der Waals surface area (Å²) in [5.74, 6) is -0.359. The number of aliphatic hydroxyl groups excluding tert-OH is 1. The van der Waals surface area contributed by atoms with Crippen LogP contribution in [0.25, 0.3) is 11.1 Å². The fourth-order valence-electron chi connectivity index (χ4n) is 6.43. The molecule has 0 radical (unpaired) electrons. The first-order valence-corrected chi connectivity index (χ1v) is 17.1. The van der Waals surface area contributed by atoms with Gasteiger partial charge in [-0.2, -0.15) is 0 Å². The van der Waals surface area contributed by atoms with Crippen molar-refractivity contribution in [1.29, 1.82) is 0 Å². The van der Waals surface area contributed by atoms with Crippen LogP contribution >= 0.6 is 0 Å². The number of amides is 2. The zero-order valence-corrected chi connectivity index (χ0v) is 27.2. The maximum Gasteiger partial charge on any atom is 0.243 e. The SMILES string of the molecule is O=C(CCCCCCC(=O)NCc1cccc(-c2ccc([C@@H]3O[C@H](CN4CCCCC4)C[C@H](c4ccc(CO)cc4)O3)cc2)c1)NO. The van der Waals surface area contributed by atoms with Crippen LogP contribution in [0.2, 0.25) is 0 Å². The van der Waals surface area contributed by atoms with Crippen LogP contribution in [-0.4, -0.2) is 52.8 Å². The molecule has 2 saturated heterocycles. The van der Waals surface area contributed by atoms with E-state index in [2.05, 4.69) is 58.7 Å². The van der Waals surface area contributed by atoms with Gasteiger partial charge in [-0.25, -0.2) is 5.48 Å². The quantitative estimate of drug-likeness (QED) is 0.0867. The molecule has 0 aromatic heterocycles. The second-order valence-electron chi connectivity index (χ2n) is 12.8. The van der Waals surface area contributed by atoms with E-state index < -0.39 is 6.29 Å². The summed E-state index contributed by atoms with van der Waals surface area (Å²) in [4.78, 5) is 26.0. The van der Waals surface area contributed by atoms with Gasteiger partial charge in [0.2, 0.25) is 11.8 Å². The molecular weight excluding hydrogens is 594 g/mol. The first-order chi connectivity index (χ1) is 23.0. The second kappa shape index (κ2) is 18.1. The zero-order valence-electron chi connectivity index (χ0n) is 27.2. The van der Waals surface area contributed by atoms with E-state index in [1.54, 1.807) is 5.48 Å². The van der Waals surface area contributed by atoms with Gasteiger partial charge >= 0.3 is 0 Å². The van der Waals surface area contributed by atoms with Gasteiger partial charge in [0.25, 0.3) is 0 Å². The Morgan fingerprint density at radius 2 is 1.47 bits per heavy atom. The van der Waals surface area contributed by atoms with Gasteiger partial charge in [-0.1, -0.05) is 86.0 Å². The highest BCUT2D eigenvalue weighted by molar-refractivity contribution is 5.76. The molecule has 2 aliphatic rings. The molecule has 0 spiro atoms. The Morgan fingerprint density at radius 1 is 0.766 bits per heavy atom. The van der Waals surface area contributed by atoms with E-state index in [1.165, 1.54) is 19.3 Å². The molecule has 4 N–H and O–H groups in total. The molecule has 9 heteroatoms. The monoisotopic (exact) mass is 643 g/mol. The van der Waals surface area contributed by atoms with Crippen molar-refractivity contribution < 1.29 is 29.4 Å². The highest BCUT2D eigenvalue weighted by Gasteiger charge is 2.33. The van der Waals surface area contributed by atoms with Crippen molar-refractivity contribution in [2.24, 2.45) is 0 Å². The minimum absolute atomic E-state index is 0.0153. The molecule has 2 fully saturated rings. The lowest BCUT2D eigenvalue weighted by Crippen LogP contribution is -2.41. The number of carbonyl (C=O) groups excluding carboxylic acids is 2. The van der Waals surface area contributed by atoms with Crippen molar-refractivity contribution in [3.63, 3.8) is 0 Å². The lowest BCUT2D eigenvalue weighted by molar-refractivity contribution is -0.253. The summed E-state index contributed by atoms with van der Waals surface area (Å²) in [6, 6.07) is 24.6. The third-order valence-corrected chi connectivity index (χ3v) is 9.14. The van der Waals surface area contributed by atoms with Crippen molar-refractivity contribution in [3.05, 3.63) is 95.1 Å². The van der Waals surface area contributed by atoms with Crippen LogP contribution in [-0.2, 0) is 32.2 Å². The van der Waals surface area contributed by atoms with Gasteiger partial charge < -0.3 is 24.8 Å². The molecule has 2 heterocycles. The number of hydrogen-bond donors (Lipinski definition) is 4. The number of likely N-dealkylation sites (tertiary alicyclic amines) is 1. The Bertz CT molecular complexity index is 1410. The number of rotatable bonds is 15. The normalized spacial score (nSPS) is 20.1. The highest BCUT2D eigenvalue weighted by Crippen LogP contribution is 2.39. The van der Waals surface area contributed by atoms with Crippen molar-refractivity contribution >= 4 is 11.8 Å². The summed E-state index contributed by atoms with van der Waals surface area (Å²) in [6.07, 6.45) is 7.98. The smallest absolute Gasteiger partial charge is 0.243 e. The van der Waals surface area contributed by atoms with E-state index in [4.69, 9.17) is 14.7 Å². The number of benzene rings is 3. The second-order valence-corrected chi connectivity index (χ2v) is 12.8. The van der Waals surface area contributed by atoms with E-state index in [1.807, 2.05) is 24.3 Å². The van der Waals surface area contributed by atoms with Crippen molar-refractivity contribution in [3.8, 4) is 11.1 Å². The van der Waals surface area contributed by atoms with Gasteiger partial charge in [0, 0.05) is 37.9 Å². The van der Waals surface area contributed by atoms with E-state index >= 15 is 0 Å². The van der Waals surface area contributed by atoms with Crippen LogP contribution in [0.3, 0.4) is 0 Å². The van der Waals surface area contributed by atoms with Crippen LogP contribution in [0.15, 0.2) is 72.8 Å². The summed E-state index contributed by atoms with van der Waals surface area (Å²) in [6.45, 7) is 3.63. The molecule has 3 aromatic carbocycles. The fraction of sp³-hybridized carbons (Fsp3) is 0.474. The largest absolute Gasteiger partial charge is 0.392 e. The van der Waals surface area contributed by atoms with Gasteiger partial charge in [-0.05, 0) is 72.7 Å². The molecule has 3 aromatic rings. The minimum Gasteiger partial charge on any atom is -0.392 e. The Morgan fingerprint density at radius 3 is 2.17 bits per heavy atom. The number of ether oxygens (including phenoxy) is 2. The van der Waals surface area contributed by atoms with Gasteiger partial charge in [0.05, 0.1) is 18.8 Å². The summed E-state index contributed by atoms with van der Waals surface area (Å²) in [5, 5.41) is 21.1. The zero-order chi connectivity index (χ0) is 32.8. The van der Waals surface area contributed by atoms with Crippen LogP contribution in [0.1, 0.15) is 98.9 Å². The van der Waals surface area contributed by atoms with Crippen molar-refractivity contribution in [1.82, 2.24) is 15.7 Å². The lowest BCUT2D eigenvalue weighted by atomic mass is 9.98. The molecule has 0 bridgehead atoms. The minimum atomic E-state index is -0.475. The lowest BCUT2D eigenvalue weighted by Gasteiger charge is -2.39. The van der Waals surface area contributed by atoms with Crippen LogP contribution in [0, 0.1) is 0 Å². The van der Waals surface area contributed by atoms with Crippen molar-refractivity contribution in [2.45, 2.75) is 95.9 Å². The van der Waals surface area contributed by atoms with Gasteiger partial charge in [0.15, 0.2) is 6.29 Å². The molecule has 5 rings (SSSR count). The molecule has 0 unspecified atom stereocenters. The number of hydroxylamine groups is 1. The average Bonchev–Trinajstić information content (AvgIpc) is 3.12. The van der Waals surface area contributed by atoms with Crippen LogP contribution in [0.5, 0.6) is 0 Å². The number of nitrogens with one attached hydrogen (secondary N) is 2. The van der Waals surface area contributed by atoms with E-state index in [9.17, 15) is 14.7 Å². The van der Waals surface area contributed by atoms with Gasteiger partial charge in [-0.3, -0.25) is 14.8 Å². The third-order valence-electron chi connectivity index (χ3n) is 9.14. The molecule has 0 saturated carbocycles. The molecule has 9 nitrogen and oxygen atoms in total. The predicted molar refractivity (Wildman–Crippen MR) is 180 cm³/mol. The Labute approximate surface area is 278 Å². The average molecular weight is 644 g/mol. The number of nitrogens with zero attached hydrogens (tertiary/aromatic N) is 1. The summed E-state index contributed by atoms with van der Waals surface area (Å²) in [7, 11) is 0. The first kappa shape index (κ1) is 34.7. The standard InChI is InChI=1S/C38H49N3O6/c42-27-28-13-15-31(16-14-28)35-24-34(26-41-21-6-3-7-22-41)46-38(47-35)32-19-17-30(18-20-32)33-10-8-9-29(23-33)25-39-36(43)11-4-1-2-5-12-37(44)40-45/h8-10,13-20,23,34-35,38,42,45H,1-7,11-12,21-22,24-27H2,(H,39,43)(H,40,44)/t34-,35+,38+/m0/s1. The van der Waals surface area contributed by atoms with Crippen LogP contribution in [0.4, 0.5) is 0 Å². The maximum atomic E-state index is 12.4. The fourth-order valence-corrected chi connectivity index (χ4v) is 6.43. The Balaban J connectivity index is 1.17. The Hall–Kier alpha value is -3.60. The molecule has 252 valence electrons. The third kappa shape index (κ3) is 10.7. The molecule has 0 aliphatic carbocycles. The topological polar surface area (TPSA) is 120 Å². The van der Waals surface area contributed by atoms with Crippen LogP contribution < -0.4 is 10.8 Å². The highest BCUT2D eigenvalue weighted by atomic mass is 16.7. The molecule has 47 heavy (non-hydrogen) atoms. The summed E-state index contributed by atoms with van der Waals surface area (Å²) in [5.41, 5.74) is 7.79.